The second-order valence-corrected chi connectivity index (χ2v) is 6.20. The Morgan fingerprint density at radius 1 is 1.32 bits per heavy atom. The van der Waals surface area contributed by atoms with Crippen LogP contribution in [-0.2, 0) is 6.42 Å². The lowest BCUT2D eigenvalue weighted by Crippen LogP contribution is -1.98. The summed E-state index contributed by atoms with van der Waals surface area (Å²) in [6.45, 7) is 4.34. The van der Waals surface area contributed by atoms with Crippen LogP contribution < -0.4 is 5.73 Å². The van der Waals surface area contributed by atoms with Gasteiger partial charge in [0.15, 0.2) is 0 Å². The van der Waals surface area contributed by atoms with Crippen LogP contribution in [0.25, 0.3) is 20.7 Å². The molecule has 0 bridgehead atoms. The van der Waals surface area contributed by atoms with Gasteiger partial charge in [-0.15, -0.1) is 11.3 Å². The molecule has 98 valence electrons. The van der Waals surface area contributed by atoms with E-state index in [1.807, 2.05) is 6.07 Å². The number of nitrogens with two attached hydrogens (primary N) is 1. The molecule has 0 atom stereocenters. The third kappa shape index (κ3) is 2.24. The van der Waals surface area contributed by atoms with Crippen molar-refractivity contribution in [1.82, 2.24) is 5.16 Å². The zero-order valence-corrected chi connectivity index (χ0v) is 11.8. The summed E-state index contributed by atoms with van der Waals surface area (Å²) in [6, 6.07) is 10.5. The molecule has 19 heavy (non-hydrogen) atoms. The molecular weight excluding hydrogens is 256 g/mol. The van der Waals surface area contributed by atoms with Gasteiger partial charge in [0.25, 0.3) is 0 Å². The number of hydrogen-bond acceptors (Lipinski definition) is 4. The van der Waals surface area contributed by atoms with Crippen LogP contribution in [0.1, 0.15) is 19.4 Å². The predicted octanol–water partition coefficient (Wildman–Crippen LogP) is 4.34. The average molecular weight is 272 g/mol. The van der Waals surface area contributed by atoms with Crippen molar-refractivity contribution in [1.29, 1.82) is 0 Å². The van der Waals surface area contributed by atoms with E-state index < -0.39 is 0 Å². The van der Waals surface area contributed by atoms with E-state index in [4.69, 9.17) is 10.3 Å². The maximum Gasteiger partial charge on any atom is 0.225 e. The van der Waals surface area contributed by atoms with Crippen molar-refractivity contribution in [3.63, 3.8) is 0 Å². The highest BCUT2D eigenvalue weighted by molar-refractivity contribution is 7.22. The number of fused-ring (bicyclic) bond motifs is 1. The maximum atomic E-state index is 5.90. The lowest BCUT2D eigenvalue weighted by molar-refractivity contribution is 0.438. The summed E-state index contributed by atoms with van der Waals surface area (Å²) in [4.78, 5) is 1.12. The van der Waals surface area contributed by atoms with Crippen LogP contribution in [0.5, 0.6) is 0 Å². The number of thiophene rings is 1. The minimum atomic E-state index is 0.446. The van der Waals surface area contributed by atoms with Crippen LogP contribution >= 0.6 is 11.3 Å². The quantitative estimate of drug-likeness (QED) is 0.771. The standard InChI is InChI=1S/C15H16N2OS/c1-9(2)7-11-14(17-18-15(11)16)13-8-10-5-3-4-6-12(10)19-13/h3-6,8-9H,7,16H2,1-2H3. The van der Waals surface area contributed by atoms with Crippen LogP contribution in [0.15, 0.2) is 34.9 Å². The van der Waals surface area contributed by atoms with Gasteiger partial charge in [-0.2, -0.15) is 0 Å². The van der Waals surface area contributed by atoms with Crippen molar-refractivity contribution in [2.75, 3.05) is 5.73 Å². The molecule has 0 aliphatic heterocycles. The van der Waals surface area contributed by atoms with Crippen molar-refractivity contribution in [2.45, 2.75) is 20.3 Å². The fraction of sp³-hybridized carbons (Fsp3) is 0.267. The van der Waals surface area contributed by atoms with Gasteiger partial charge in [-0.1, -0.05) is 37.2 Å². The van der Waals surface area contributed by atoms with E-state index in [2.05, 4.69) is 43.3 Å². The molecule has 2 N–H and O–H groups in total. The molecule has 3 aromatic rings. The van der Waals surface area contributed by atoms with E-state index in [0.29, 0.717) is 11.8 Å². The number of hydrogen-bond donors (Lipinski definition) is 1. The first-order valence-corrected chi connectivity index (χ1v) is 7.19. The van der Waals surface area contributed by atoms with E-state index in [9.17, 15) is 0 Å². The van der Waals surface area contributed by atoms with Crippen molar-refractivity contribution in [2.24, 2.45) is 5.92 Å². The van der Waals surface area contributed by atoms with Crippen LogP contribution in [0.3, 0.4) is 0 Å². The van der Waals surface area contributed by atoms with Gasteiger partial charge in [-0.25, -0.2) is 0 Å². The van der Waals surface area contributed by atoms with Crippen molar-refractivity contribution in [3.05, 3.63) is 35.9 Å². The first-order chi connectivity index (χ1) is 9.15. The molecule has 1 aromatic carbocycles. The molecule has 0 spiro atoms. The summed E-state index contributed by atoms with van der Waals surface area (Å²) in [5.74, 6) is 0.969. The molecule has 0 aliphatic carbocycles. The first kappa shape index (κ1) is 12.2. The van der Waals surface area contributed by atoms with Gasteiger partial charge in [0, 0.05) is 10.3 Å². The van der Waals surface area contributed by atoms with Crippen molar-refractivity contribution in [3.8, 4) is 10.6 Å². The van der Waals surface area contributed by atoms with E-state index in [1.54, 1.807) is 11.3 Å². The lowest BCUT2D eigenvalue weighted by Gasteiger charge is -2.03. The molecule has 3 rings (SSSR count). The van der Waals surface area contributed by atoms with Gasteiger partial charge in [0.1, 0.15) is 5.69 Å². The SMILES string of the molecule is CC(C)Cc1c(-c2cc3ccccc3s2)noc1N. The lowest BCUT2D eigenvalue weighted by atomic mass is 10.0. The fourth-order valence-corrected chi connectivity index (χ4v) is 3.29. The van der Waals surface area contributed by atoms with Crippen LogP contribution in [0, 0.1) is 5.92 Å². The number of benzene rings is 1. The molecular formula is C15H16N2OS. The molecule has 0 aliphatic rings. The van der Waals surface area contributed by atoms with Crippen LogP contribution in [0.2, 0.25) is 0 Å². The third-order valence-corrected chi connectivity index (χ3v) is 4.21. The molecule has 0 fully saturated rings. The Balaban J connectivity index is 2.10. The Morgan fingerprint density at radius 2 is 2.11 bits per heavy atom. The van der Waals surface area contributed by atoms with Gasteiger partial charge in [0.2, 0.25) is 5.88 Å². The number of anilines is 1. The zero-order chi connectivity index (χ0) is 13.4. The van der Waals surface area contributed by atoms with Gasteiger partial charge in [-0.3, -0.25) is 0 Å². The topological polar surface area (TPSA) is 52.0 Å². The summed E-state index contributed by atoms with van der Waals surface area (Å²) >= 11 is 1.73. The summed E-state index contributed by atoms with van der Waals surface area (Å²) in [6.07, 6.45) is 0.888. The zero-order valence-electron chi connectivity index (χ0n) is 11.0. The number of nitrogen functional groups attached to an aromatic ring is 1. The highest BCUT2D eigenvalue weighted by Gasteiger charge is 2.18. The minimum absolute atomic E-state index is 0.446. The van der Waals surface area contributed by atoms with Gasteiger partial charge >= 0.3 is 0 Å². The number of rotatable bonds is 3. The highest BCUT2D eigenvalue weighted by Crippen LogP contribution is 2.36. The molecule has 0 radical (unpaired) electrons. The minimum Gasteiger partial charge on any atom is -0.367 e. The largest absolute Gasteiger partial charge is 0.367 e. The summed E-state index contributed by atoms with van der Waals surface area (Å²) in [5, 5.41) is 5.38. The Morgan fingerprint density at radius 3 is 2.84 bits per heavy atom. The smallest absolute Gasteiger partial charge is 0.225 e. The van der Waals surface area contributed by atoms with Crippen LogP contribution in [-0.4, -0.2) is 5.16 Å². The van der Waals surface area contributed by atoms with Gasteiger partial charge in [-0.05, 0) is 29.9 Å². The molecule has 4 heteroatoms. The fourth-order valence-electron chi connectivity index (χ4n) is 2.22. The molecule has 2 heterocycles. The average Bonchev–Trinajstić information content (AvgIpc) is 2.93. The van der Waals surface area contributed by atoms with Gasteiger partial charge < -0.3 is 10.3 Å². The Hall–Kier alpha value is -1.81. The molecule has 0 saturated heterocycles. The molecule has 0 saturated carbocycles. The Labute approximate surface area is 116 Å². The second-order valence-electron chi connectivity index (χ2n) is 5.12. The van der Waals surface area contributed by atoms with E-state index >= 15 is 0 Å². The monoisotopic (exact) mass is 272 g/mol. The van der Waals surface area contributed by atoms with E-state index in [0.717, 1.165) is 22.6 Å². The third-order valence-electron chi connectivity index (χ3n) is 3.09. The summed E-state index contributed by atoms with van der Waals surface area (Å²) in [5.41, 5.74) is 7.82. The Bertz CT molecular complexity index is 679. The number of nitrogens with zero attached hydrogens (tertiary/aromatic N) is 1. The summed E-state index contributed by atoms with van der Waals surface area (Å²) < 4.78 is 6.44. The van der Waals surface area contributed by atoms with E-state index in [-0.39, 0.29) is 0 Å². The number of aromatic nitrogens is 1. The normalized spacial score (nSPS) is 11.5. The van der Waals surface area contributed by atoms with Crippen molar-refractivity contribution >= 4 is 27.3 Å². The second kappa shape index (κ2) is 4.70. The van der Waals surface area contributed by atoms with Gasteiger partial charge in [0.05, 0.1) is 4.88 Å². The highest BCUT2D eigenvalue weighted by atomic mass is 32.1. The summed E-state index contributed by atoms with van der Waals surface area (Å²) in [7, 11) is 0. The predicted molar refractivity (Wildman–Crippen MR) is 80.3 cm³/mol. The van der Waals surface area contributed by atoms with E-state index in [1.165, 1.54) is 10.1 Å². The molecule has 2 aromatic heterocycles. The maximum absolute atomic E-state index is 5.90. The molecule has 0 amide bonds. The van der Waals surface area contributed by atoms with Crippen LogP contribution in [0.4, 0.5) is 5.88 Å². The molecule has 3 nitrogen and oxygen atoms in total. The molecule has 0 unspecified atom stereocenters. The van der Waals surface area contributed by atoms with Crippen molar-refractivity contribution < 1.29 is 4.52 Å². The first-order valence-electron chi connectivity index (χ1n) is 6.38. The Kier molecular flexibility index (Phi) is 3.03.